The fourth-order valence-corrected chi connectivity index (χ4v) is 3.12. The SMILES string of the molecule is CCCCOc1cccc(C(=O)NC(=S)Nc2cc(-c3ccc(CO)o3)ccc2C)c1. The minimum Gasteiger partial charge on any atom is -0.494 e. The number of aliphatic hydroxyl groups excluding tert-OH is 1. The molecule has 0 spiro atoms. The Balaban J connectivity index is 1.66. The van der Waals surface area contributed by atoms with Crippen molar-refractivity contribution < 1.29 is 19.1 Å². The van der Waals surface area contributed by atoms with Gasteiger partial charge in [-0.15, -0.1) is 0 Å². The van der Waals surface area contributed by atoms with Gasteiger partial charge in [0.05, 0.1) is 6.61 Å². The predicted molar refractivity (Wildman–Crippen MR) is 125 cm³/mol. The maximum Gasteiger partial charge on any atom is 0.257 e. The molecule has 31 heavy (non-hydrogen) atoms. The summed E-state index contributed by atoms with van der Waals surface area (Å²) < 4.78 is 11.3. The molecule has 0 atom stereocenters. The second kappa shape index (κ2) is 10.7. The van der Waals surface area contributed by atoms with Crippen LogP contribution in [0.25, 0.3) is 11.3 Å². The molecule has 0 bridgehead atoms. The third kappa shape index (κ3) is 6.16. The van der Waals surface area contributed by atoms with Gasteiger partial charge in [0.25, 0.3) is 5.91 Å². The van der Waals surface area contributed by atoms with Crippen LogP contribution in [0.4, 0.5) is 5.69 Å². The third-order valence-electron chi connectivity index (χ3n) is 4.68. The van der Waals surface area contributed by atoms with E-state index in [2.05, 4.69) is 17.6 Å². The molecular formula is C24H26N2O4S. The van der Waals surface area contributed by atoms with Crippen LogP contribution in [0.3, 0.4) is 0 Å². The zero-order chi connectivity index (χ0) is 22.2. The summed E-state index contributed by atoms with van der Waals surface area (Å²) in [5, 5.41) is 15.2. The highest BCUT2D eigenvalue weighted by Crippen LogP contribution is 2.27. The molecule has 1 aromatic heterocycles. The minimum atomic E-state index is -0.314. The number of thiocarbonyl (C=S) groups is 1. The molecule has 3 aromatic rings. The first-order chi connectivity index (χ1) is 15.0. The summed E-state index contributed by atoms with van der Waals surface area (Å²) in [4.78, 5) is 12.6. The van der Waals surface area contributed by atoms with E-state index >= 15 is 0 Å². The van der Waals surface area contributed by atoms with Gasteiger partial charge in [0.2, 0.25) is 0 Å². The summed E-state index contributed by atoms with van der Waals surface area (Å²) in [5.41, 5.74) is 3.01. The topological polar surface area (TPSA) is 83.7 Å². The molecule has 0 aliphatic heterocycles. The van der Waals surface area contributed by atoms with Crippen molar-refractivity contribution in [1.29, 1.82) is 0 Å². The number of rotatable bonds is 8. The molecule has 0 unspecified atom stereocenters. The van der Waals surface area contributed by atoms with Gasteiger partial charge in [-0.1, -0.05) is 31.5 Å². The van der Waals surface area contributed by atoms with Gasteiger partial charge in [-0.3, -0.25) is 10.1 Å². The van der Waals surface area contributed by atoms with Gasteiger partial charge in [-0.05, 0) is 67.5 Å². The van der Waals surface area contributed by atoms with E-state index in [1.54, 1.807) is 30.3 Å². The van der Waals surface area contributed by atoms with E-state index in [1.165, 1.54) is 0 Å². The Hall–Kier alpha value is -3.16. The van der Waals surface area contributed by atoms with Crippen molar-refractivity contribution >= 4 is 28.9 Å². The molecule has 6 nitrogen and oxygen atoms in total. The maximum absolute atomic E-state index is 12.6. The lowest BCUT2D eigenvalue weighted by atomic mass is 10.1. The molecule has 2 aromatic carbocycles. The lowest BCUT2D eigenvalue weighted by Crippen LogP contribution is -2.34. The van der Waals surface area contributed by atoms with Crippen molar-refractivity contribution in [3.05, 3.63) is 71.5 Å². The number of unbranched alkanes of at least 4 members (excludes halogenated alkanes) is 1. The van der Waals surface area contributed by atoms with Crippen LogP contribution in [0.5, 0.6) is 5.75 Å². The van der Waals surface area contributed by atoms with Crippen LogP contribution in [-0.4, -0.2) is 22.7 Å². The zero-order valence-electron chi connectivity index (χ0n) is 17.6. The lowest BCUT2D eigenvalue weighted by Gasteiger charge is -2.13. The normalized spacial score (nSPS) is 10.5. The van der Waals surface area contributed by atoms with Crippen LogP contribution < -0.4 is 15.4 Å². The second-order valence-electron chi connectivity index (χ2n) is 7.09. The Bertz CT molecular complexity index is 1060. The monoisotopic (exact) mass is 438 g/mol. The summed E-state index contributed by atoms with van der Waals surface area (Å²) in [7, 11) is 0. The van der Waals surface area contributed by atoms with E-state index in [1.807, 2.05) is 31.2 Å². The lowest BCUT2D eigenvalue weighted by molar-refractivity contribution is 0.0977. The van der Waals surface area contributed by atoms with Crippen molar-refractivity contribution in [1.82, 2.24) is 5.32 Å². The molecule has 1 heterocycles. The molecule has 7 heteroatoms. The van der Waals surface area contributed by atoms with Crippen LogP contribution >= 0.6 is 12.2 Å². The third-order valence-corrected chi connectivity index (χ3v) is 4.88. The molecule has 162 valence electrons. The van der Waals surface area contributed by atoms with E-state index in [0.29, 0.717) is 29.4 Å². The van der Waals surface area contributed by atoms with Crippen molar-refractivity contribution in [3.63, 3.8) is 0 Å². The largest absolute Gasteiger partial charge is 0.494 e. The molecule has 0 aliphatic rings. The van der Waals surface area contributed by atoms with Gasteiger partial charge in [0.1, 0.15) is 23.9 Å². The summed E-state index contributed by atoms with van der Waals surface area (Å²) in [6.45, 7) is 4.50. The number of nitrogens with one attached hydrogen (secondary N) is 2. The highest BCUT2D eigenvalue weighted by molar-refractivity contribution is 7.80. The molecular weight excluding hydrogens is 412 g/mol. The number of carbonyl (C=O) groups excluding carboxylic acids is 1. The van der Waals surface area contributed by atoms with Crippen LogP contribution in [0.2, 0.25) is 0 Å². The maximum atomic E-state index is 12.6. The Morgan fingerprint density at radius 2 is 2.00 bits per heavy atom. The number of furan rings is 1. The molecule has 0 aliphatic carbocycles. The van der Waals surface area contributed by atoms with Crippen LogP contribution in [0.15, 0.2) is 59.0 Å². The minimum absolute atomic E-state index is 0.155. The van der Waals surface area contributed by atoms with Crippen molar-refractivity contribution in [3.8, 4) is 17.1 Å². The van der Waals surface area contributed by atoms with E-state index in [0.717, 1.165) is 29.7 Å². The molecule has 3 N–H and O–H groups in total. The molecule has 1 amide bonds. The summed E-state index contributed by atoms with van der Waals surface area (Å²) in [6.07, 6.45) is 2.01. The molecule has 0 saturated carbocycles. The zero-order valence-corrected chi connectivity index (χ0v) is 18.4. The number of ether oxygens (including phenoxy) is 1. The standard InChI is InChI=1S/C24H26N2O4S/c1-3-4-12-29-19-7-5-6-18(13-19)23(28)26-24(31)25-21-14-17(9-8-16(21)2)22-11-10-20(15-27)30-22/h5-11,13-14,27H,3-4,12,15H2,1-2H3,(H2,25,26,28,31). The average molecular weight is 439 g/mol. The van der Waals surface area contributed by atoms with Gasteiger partial charge < -0.3 is 19.6 Å². The Morgan fingerprint density at radius 3 is 2.74 bits per heavy atom. The van der Waals surface area contributed by atoms with Gasteiger partial charge in [-0.2, -0.15) is 0 Å². The first-order valence-electron chi connectivity index (χ1n) is 10.2. The van der Waals surface area contributed by atoms with Crippen molar-refractivity contribution in [2.24, 2.45) is 0 Å². The molecule has 0 saturated heterocycles. The number of aliphatic hydroxyl groups is 1. The summed E-state index contributed by atoms with van der Waals surface area (Å²) in [5.74, 6) is 1.48. The fraction of sp³-hybridized carbons (Fsp3) is 0.250. The van der Waals surface area contributed by atoms with Crippen LogP contribution in [0.1, 0.15) is 41.4 Å². The fourth-order valence-electron chi connectivity index (χ4n) is 2.92. The second-order valence-corrected chi connectivity index (χ2v) is 7.50. The van der Waals surface area contributed by atoms with E-state index < -0.39 is 0 Å². The highest BCUT2D eigenvalue weighted by Gasteiger charge is 2.12. The number of anilines is 1. The van der Waals surface area contributed by atoms with Gasteiger partial charge in [0, 0.05) is 16.8 Å². The predicted octanol–water partition coefficient (Wildman–Crippen LogP) is 5.05. The smallest absolute Gasteiger partial charge is 0.257 e. The number of aryl methyl sites for hydroxylation is 1. The average Bonchev–Trinajstić information content (AvgIpc) is 3.25. The van der Waals surface area contributed by atoms with Gasteiger partial charge in [0.15, 0.2) is 5.11 Å². The Kier molecular flexibility index (Phi) is 7.81. The Morgan fingerprint density at radius 1 is 1.16 bits per heavy atom. The van der Waals surface area contributed by atoms with Crippen molar-refractivity contribution in [2.45, 2.75) is 33.3 Å². The first-order valence-corrected chi connectivity index (χ1v) is 10.6. The molecule has 3 rings (SSSR count). The number of hydrogen-bond donors (Lipinski definition) is 3. The molecule has 0 radical (unpaired) electrons. The van der Waals surface area contributed by atoms with E-state index in [-0.39, 0.29) is 17.6 Å². The highest BCUT2D eigenvalue weighted by atomic mass is 32.1. The van der Waals surface area contributed by atoms with E-state index in [4.69, 9.17) is 21.4 Å². The summed E-state index contributed by atoms with van der Waals surface area (Å²) >= 11 is 5.34. The Labute approximate surface area is 187 Å². The number of amides is 1. The number of carbonyl (C=O) groups is 1. The van der Waals surface area contributed by atoms with Gasteiger partial charge in [-0.25, -0.2) is 0 Å². The summed E-state index contributed by atoms with van der Waals surface area (Å²) in [6, 6.07) is 16.3. The molecule has 0 fully saturated rings. The van der Waals surface area contributed by atoms with Crippen LogP contribution in [-0.2, 0) is 6.61 Å². The number of benzene rings is 2. The van der Waals surface area contributed by atoms with Gasteiger partial charge >= 0.3 is 0 Å². The quantitative estimate of drug-likeness (QED) is 0.337. The first kappa shape index (κ1) is 22.5. The van der Waals surface area contributed by atoms with E-state index in [9.17, 15) is 9.90 Å². The van der Waals surface area contributed by atoms with Crippen LogP contribution in [0, 0.1) is 6.92 Å². The van der Waals surface area contributed by atoms with Crippen molar-refractivity contribution in [2.75, 3.05) is 11.9 Å². The number of hydrogen-bond acceptors (Lipinski definition) is 5.